The van der Waals surface area contributed by atoms with Gasteiger partial charge in [-0.05, 0) is 49.9 Å². The number of anilines is 1. The van der Waals surface area contributed by atoms with Crippen LogP contribution in [-0.4, -0.2) is 31.6 Å². The van der Waals surface area contributed by atoms with Gasteiger partial charge in [-0.25, -0.2) is 0 Å². The Kier molecular flexibility index (Phi) is 3.32. The molecule has 0 N–H and O–H groups in total. The molecule has 1 aromatic rings. The number of hydrogen-bond donors (Lipinski definition) is 0. The van der Waals surface area contributed by atoms with Crippen molar-refractivity contribution in [1.29, 1.82) is 0 Å². The third kappa shape index (κ3) is 2.13. The number of rotatable bonds is 4. The normalized spacial score (nSPS) is 33.7. The molecule has 5 unspecified atom stereocenters. The third-order valence-electron chi connectivity index (χ3n) is 5.63. The number of carbonyl (C=O) groups excluding carboxylic acids is 2. The average molecular weight is 315 g/mol. The summed E-state index contributed by atoms with van der Waals surface area (Å²) in [5, 5.41) is 0. The zero-order chi connectivity index (χ0) is 16.1. The maximum absolute atomic E-state index is 13.0. The molecule has 0 spiro atoms. The van der Waals surface area contributed by atoms with Crippen LogP contribution in [0.5, 0.6) is 5.75 Å². The van der Waals surface area contributed by atoms with E-state index in [0.717, 1.165) is 24.3 Å². The van der Waals surface area contributed by atoms with Crippen LogP contribution in [-0.2, 0) is 14.3 Å². The molecule has 2 bridgehead atoms. The number of esters is 1. The van der Waals surface area contributed by atoms with Crippen LogP contribution >= 0.6 is 0 Å². The number of hydrogen-bond acceptors (Lipinski definition) is 4. The molecule has 0 aromatic heterocycles. The predicted octanol–water partition coefficient (Wildman–Crippen LogP) is 2.25. The Bertz CT molecular complexity index is 639. The highest BCUT2D eigenvalue weighted by atomic mass is 16.6. The molecule has 1 aromatic carbocycles. The summed E-state index contributed by atoms with van der Waals surface area (Å²) in [7, 11) is 1.78. The van der Waals surface area contributed by atoms with Gasteiger partial charge in [-0.2, -0.15) is 0 Å². The fraction of sp³-hybridized carbons (Fsp3) is 0.556. The van der Waals surface area contributed by atoms with Crippen LogP contribution in [0.15, 0.2) is 24.3 Å². The maximum atomic E-state index is 13.0. The Hall–Kier alpha value is -2.04. The van der Waals surface area contributed by atoms with E-state index in [1.54, 1.807) is 11.9 Å². The molecule has 23 heavy (non-hydrogen) atoms. The standard InChI is InChI=1S/C18H21NO4/c1-3-22-12-6-4-11(5-7-12)19(2)17(20)15-10-8-13-14(9-10)23-18(21)16(13)15/h4-7,10,13-16H,3,8-9H2,1-2H3. The Morgan fingerprint density at radius 1 is 1.30 bits per heavy atom. The second-order valence-electron chi connectivity index (χ2n) is 6.75. The fourth-order valence-electron chi connectivity index (χ4n) is 4.62. The largest absolute Gasteiger partial charge is 0.494 e. The van der Waals surface area contributed by atoms with Crippen LogP contribution in [0.4, 0.5) is 5.69 Å². The van der Waals surface area contributed by atoms with Crippen LogP contribution < -0.4 is 9.64 Å². The van der Waals surface area contributed by atoms with Crippen molar-refractivity contribution in [2.24, 2.45) is 23.7 Å². The minimum atomic E-state index is -0.226. The Morgan fingerprint density at radius 2 is 2.04 bits per heavy atom. The van der Waals surface area contributed by atoms with Gasteiger partial charge in [-0.15, -0.1) is 0 Å². The van der Waals surface area contributed by atoms with Crippen molar-refractivity contribution in [3.05, 3.63) is 24.3 Å². The van der Waals surface area contributed by atoms with Gasteiger partial charge in [0.2, 0.25) is 5.91 Å². The summed E-state index contributed by atoms with van der Waals surface area (Å²) in [5.74, 6) is 0.759. The smallest absolute Gasteiger partial charge is 0.310 e. The van der Waals surface area contributed by atoms with Crippen molar-refractivity contribution in [2.75, 3.05) is 18.6 Å². The molecule has 1 amide bonds. The molecular weight excluding hydrogens is 294 g/mol. The van der Waals surface area contributed by atoms with Gasteiger partial charge >= 0.3 is 5.97 Å². The van der Waals surface area contributed by atoms with Crippen molar-refractivity contribution in [3.8, 4) is 5.75 Å². The molecule has 5 atom stereocenters. The summed E-state index contributed by atoms with van der Waals surface area (Å²) in [6, 6.07) is 7.49. The predicted molar refractivity (Wildman–Crippen MR) is 84.1 cm³/mol. The summed E-state index contributed by atoms with van der Waals surface area (Å²) < 4.78 is 10.9. The summed E-state index contributed by atoms with van der Waals surface area (Å²) in [4.78, 5) is 26.7. The first kappa shape index (κ1) is 14.5. The van der Waals surface area contributed by atoms with E-state index in [4.69, 9.17) is 9.47 Å². The second-order valence-corrected chi connectivity index (χ2v) is 6.75. The average Bonchev–Trinajstić information content (AvgIpc) is 3.16. The summed E-state index contributed by atoms with van der Waals surface area (Å²) in [6.07, 6.45) is 1.87. The molecule has 1 aliphatic heterocycles. The van der Waals surface area contributed by atoms with Crippen molar-refractivity contribution in [3.63, 3.8) is 0 Å². The highest BCUT2D eigenvalue weighted by Gasteiger charge is 2.64. The molecule has 2 saturated carbocycles. The zero-order valence-corrected chi connectivity index (χ0v) is 13.4. The first-order valence-electron chi connectivity index (χ1n) is 8.31. The second kappa shape index (κ2) is 5.25. The number of ether oxygens (including phenoxy) is 2. The van der Waals surface area contributed by atoms with Crippen molar-refractivity contribution in [1.82, 2.24) is 0 Å². The quantitative estimate of drug-likeness (QED) is 0.800. The van der Waals surface area contributed by atoms with Crippen molar-refractivity contribution < 1.29 is 19.1 Å². The molecule has 0 radical (unpaired) electrons. The Morgan fingerprint density at radius 3 is 2.74 bits per heavy atom. The number of fused-ring (bicyclic) bond motifs is 1. The molecule has 5 heteroatoms. The lowest BCUT2D eigenvalue weighted by molar-refractivity contribution is -0.145. The van der Waals surface area contributed by atoms with E-state index in [-0.39, 0.29) is 35.7 Å². The van der Waals surface area contributed by atoms with Gasteiger partial charge in [0, 0.05) is 18.7 Å². The molecule has 3 fully saturated rings. The molecular formula is C18H21NO4. The summed E-state index contributed by atoms with van der Waals surface area (Å²) in [5.41, 5.74) is 0.823. The SMILES string of the molecule is CCOc1ccc(N(C)C(=O)C2C3CC4OC(=O)C2C4C3)cc1. The minimum absolute atomic E-state index is 0.0314. The van der Waals surface area contributed by atoms with E-state index in [2.05, 4.69) is 0 Å². The topological polar surface area (TPSA) is 55.8 Å². The molecule has 2 aliphatic carbocycles. The van der Waals surface area contributed by atoms with Gasteiger partial charge in [0.05, 0.1) is 18.4 Å². The zero-order valence-electron chi connectivity index (χ0n) is 13.4. The van der Waals surface area contributed by atoms with Gasteiger partial charge in [0.15, 0.2) is 0 Å². The van der Waals surface area contributed by atoms with Gasteiger partial charge in [0.1, 0.15) is 11.9 Å². The van der Waals surface area contributed by atoms with Gasteiger partial charge in [0.25, 0.3) is 0 Å². The van der Waals surface area contributed by atoms with Crippen LogP contribution in [0, 0.1) is 23.7 Å². The third-order valence-corrected chi connectivity index (χ3v) is 5.63. The first-order valence-corrected chi connectivity index (χ1v) is 8.31. The van der Waals surface area contributed by atoms with Crippen LogP contribution in [0.25, 0.3) is 0 Å². The number of amides is 1. The Balaban J connectivity index is 1.53. The molecule has 4 rings (SSSR count). The van der Waals surface area contributed by atoms with Gasteiger partial charge in [-0.3, -0.25) is 9.59 Å². The number of benzene rings is 1. The fourth-order valence-corrected chi connectivity index (χ4v) is 4.62. The van der Waals surface area contributed by atoms with Crippen LogP contribution in [0.3, 0.4) is 0 Å². The van der Waals surface area contributed by atoms with E-state index < -0.39 is 0 Å². The molecule has 1 heterocycles. The minimum Gasteiger partial charge on any atom is -0.494 e. The van der Waals surface area contributed by atoms with Gasteiger partial charge in [-0.1, -0.05) is 0 Å². The monoisotopic (exact) mass is 315 g/mol. The van der Waals surface area contributed by atoms with E-state index in [0.29, 0.717) is 12.5 Å². The number of carbonyl (C=O) groups is 2. The number of nitrogens with zero attached hydrogens (tertiary/aromatic N) is 1. The van der Waals surface area contributed by atoms with Crippen LogP contribution in [0.2, 0.25) is 0 Å². The van der Waals surface area contributed by atoms with E-state index in [9.17, 15) is 9.59 Å². The summed E-state index contributed by atoms with van der Waals surface area (Å²) >= 11 is 0. The first-order chi connectivity index (χ1) is 11.1. The Labute approximate surface area is 135 Å². The lowest BCUT2D eigenvalue weighted by Crippen LogP contribution is -2.41. The highest BCUT2D eigenvalue weighted by Crippen LogP contribution is 2.58. The lowest BCUT2D eigenvalue weighted by atomic mass is 9.79. The molecule has 3 aliphatic rings. The molecule has 1 saturated heterocycles. The van der Waals surface area contributed by atoms with Crippen molar-refractivity contribution >= 4 is 17.6 Å². The van der Waals surface area contributed by atoms with E-state index >= 15 is 0 Å². The van der Waals surface area contributed by atoms with Gasteiger partial charge < -0.3 is 14.4 Å². The van der Waals surface area contributed by atoms with E-state index in [1.165, 1.54) is 0 Å². The molecule has 122 valence electrons. The lowest BCUT2D eigenvalue weighted by Gasteiger charge is -2.28. The van der Waals surface area contributed by atoms with E-state index in [1.807, 2.05) is 31.2 Å². The molecule has 5 nitrogen and oxygen atoms in total. The summed E-state index contributed by atoms with van der Waals surface area (Å²) in [6.45, 7) is 2.55. The maximum Gasteiger partial charge on any atom is 0.310 e. The van der Waals surface area contributed by atoms with Crippen molar-refractivity contribution in [2.45, 2.75) is 25.9 Å². The van der Waals surface area contributed by atoms with Crippen LogP contribution in [0.1, 0.15) is 19.8 Å². The highest BCUT2D eigenvalue weighted by molar-refractivity contribution is 5.98.